The zero-order valence-electron chi connectivity index (χ0n) is 13.4. The van der Waals surface area contributed by atoms with E-state index >= 15 is 0 Å². The summed E-state index contributed by atoms with van der Waals surface area (Å²) < 4.78 is 13.4. The lowest BCUT2D eigenvalue weighted by atomic mass is 9.79. The van der Waals surface area contributed by atoms with Crippen LogP contribution >= 0.6 is 12.4 Å². The van der Waals surface area contributed by atoms with Crippen LogP contribution in [0.2, 0.25) is 0 Å². The van der Waals surface area contributed by atoms with E-state index in [-0.39, 0.29) is 18.2 Å². The Morgan fingerprint density at radius 3 is 2.70 bits per heavy atom. The molecule has 0 saturated heterocycles. The Kier molecular flexibility index (Phi) is 4.74. The van der Waals surface area contributed by atoms with Crippen LogP contribution in [0.4, 0.5) is 4.39 Å². The van der Waals surface area contributed by atoms with Crippen LogP contribution in [-0.2, 0) is 0 Å². The van der Waals surface area contributed by atoms with Crippen LogP contribution in [0.15, 0.2) is 42.0 Å². The third-order valence-electron chi connectivity index (χ3n) is 5.37. The molecule has 4 rings (SSSR count). The average Bonchev–Trinajstić information content (AvgIpc) is 2.89. The van der Waals surface area contributed by atoms with Gasteiger partial charge in [-0.1, -0.05) is 23.8 Å². The lowest BCUT2D eigenvalue weighted by Crippen LogP contribution is -2.19. The zero-order valence-corrected chi connectivity index (χ0v) is 14.3. The summed E-state index contributed by atoms with van der Waals surface area (Å²) in [7, 11) is 2.03. The van der Waals surface area contributed by atoms with Gasteiger partial charge in [-0.3, -0.25) is 0 Å². The summed E-state index contributed by atoms with van der Waals surface area (Å²) in [6, 6.07) is 11.6. The Labute approximate surface area is 143 Å². The predicted octanol–water partition coefficient (Wildman–Crippen LogP) is 5.19. The summed E-state index contributed by atoms with van der Waals surface area (Å²) in [4.78, 5) is 0. The van der Waals surface area contributed by atoms with E-state index in [1.165, 1.54) is 31.2 Å². The van der Waals surface area contributed by atoms with E-state index in [0.29, 0.717) is 0 Å². The molecule has 0 unspecified atom stereocenters. The van der Waals surface area contributed by atoms with E-state index in [1.807, 2.05) is 13.1 Å². The highest BCUT2D eigenvalue weighted by atomic mass is 35.5. The van der Waals surface area contributed by atoms with Crippen molar-refractivity contribution in [3.63, 3.8) is 0 Å². The number of hydrogen-bond acceptors (Lipinski definition) is 1. The first-order chi connectivity index (χ1) is 10.7. The molecule has 0 aliphatic heterocycles. The van der Waals surface area contributed by atoms with Crippen LogP contribution in [0, 0.1) is 17.7 Å². The molecular formula is C20H23ClFN. The summed E-state index contributed by atoms with van der Waals surface area (Å²) in [5, 5.41) is 5.46. The molecule has 23 heavy (non-hydrogen) atoms. The largest absolute Gasteiger partial charge is 0.316 e. The Bertz CT molecular complexity index is 752. The van der Waals surface area contributed by atoms with Crippen LogP contribution in [-0.4, -0.2) is 13.6 Å². The summed E-state index contributed by atoms with van der Waals surface area (Å²) in [5.74, 6) is 1.46. The fourth-order valence-corrected chi connectivity index (χ4v) is 4.47. The summed E-state index contributed by atoms with van der Waals surface area (Å²) in [5.41, 5.74) is 4.49. The van der Waals surface area contributed by atoms with Gasteiger partial charge in [-0.2, -0.15) is 0 Å². The van der Waals surface area contributed by atoms with Crippen molar-refractivity contribution >= 4 is 28.8 Å². The molecule has 0 aromatic heterocycles. The lowest BCUT2D eigenvalue weighted by molar-refractivity contribution is 0.502. The van der Waals surface area contributed by atoms with Crippen LogP contribution in [0.3, 0.4) is 0 Å². The van der Waals surface area contributed by atoms with Crippen molar-refractivity contribution in [2.45, 2.75) is 25.7 Å². The minimum absolute atomic E-state index is 0. The van der Waals surface area contributed by atoms with E-state index in [0.717, 1.165) is 29.2 Å². The minimum atomic E-state index is -0.161. The Balaban J connectivity index is 0.00000156. The molecule has 2 atom stereocenters. The van der Waals surface area contributed by atoms with Crippen LogP contribution in [0.1, 0.15) is 31.2 Å². The van der Waals surface area contributed by atoms with E-state index in [2.05, 4.69) is 23.5 Å². The number of nitrogens with one attached hydrogen (secondary N) is 1. The normalized spacial score (nSPS) is 23.2. The first-order valence-corrected chi connectivity index (χ1v) is 8.31. The standard InChI is InChI=1S/C20H22FN.ClH/c1-22-12-18-9-13-2-3-16(8-13)20(18)17-5-4-15-11-19(21)7-6-14(15)10-17;/h4-7,10-11,13,16,22H,2-3,8-9,12H2,1H3;1H/t13-,16-;/m1./s1. The highest BCUT2D eigenvalue weighted by Gasteiger charge is 2.34. The van der Waals surface area contributed by atoms with E-state index in [9.17, 15) is 4.39 Å². The van der Waals surface area contributed by atoms with Gasteiger partial charge in [-0.25, -0.2) is 4.39 Å². The molecule has 2 aliphatic carbocycles. The van der Waals surface area contributed by atoms with Gasteiger partial charge < -0.3 is 5.32 Å². The molecular weight excluding hydrogens is 309 g/mol. The predicted molar refractivity (Wildman–Crippen MR) is 97.4 cm³/mol. The van der Waals surface area contributed by atoms with Crippen molar-refractivity contribution in [2.24, 2.45) is 11.8 Å². The third kappa shape index (κ3) is 3.02. The van der Waals surface area contributed by atoms with Crippen molar-refractivity contribution in [1.29, 1.82) is 0 Å². The topological polar surface area (TPSA) is 12.0 Å². The molecule has 1 saturated carbocycles. The smallest absolute Gasteiger partial charge is 0.123 e. The van der Waals surface area contributed by atoms with Gasteiger partial charge in [0.1, 0.15) is 5.82 Å². The number of halogens is 2. The van der Waals surface area contributed by atoms with Crippen molar-refractivity contribution in [3.05, 3.63) is 53.4 Å². The number of fused-ring (bicyclic) bond motifs is 3. The molecule has 3 heteroatoms. The summed E-state index contributed by atoms with van der Waals surface area (Å²) in [6.07, 6.45) is 5.30. The maximum atomic E-state index is 13.4. The summed E-state index contributed by atoms with van der Waals surface area (Å²) >= 11 is 0. The van der Waals surface area contributed by atoms with E-state index in [4.69, 9.17) is 0 Å². The number of allylic oxidation sites excluding steroid dienone is 1. The second-order valence-corrected chi connectivity index (χ2v) is 6.83. The second kappa shape index (κ2) is 6.62. The Morgan fingerprint density at radius 1 is 1.09 bits per heavy atom. The molecule has 122 valence electrons. The maximum Gasteiger partial charge on any atom is 0.123 e. The van der Waals surface area contributed by atoms with Crippen LogP contribution in [0.25, 0.3) is 16.3 Å². The van der Waals surface area contributed by atoms with Crippen LogP contribution in [0.5, 0.6) is 0 Å². The fraction of sp³-hybridized carbons (Fsp3) is 0.400. The number of benzene rings is 2. The van der Waals surface area contributed by atoms with Gasteiger partial charge >= 0.3 is 0 Å². The highest BCUT2D eigenvalue weighted by Crippen LogP contribution is 2.49. The molecule has 2 aromatic rings. The number of hydrogen-bond donors (Lipinski definition) is 1. The molecule has 0 spiro atoms. The van der Waals surface area contributed by atoms with Crippen molar-refractivity contribution < 1.29 is 4.39 Å². The third-order valence-corrected chi connectivity index (χ3v) is 5.37. The molecule has 2 aliphatic rings. The van der Waals surface area contributed by atoms with E-state index in [1.54, 1.807) is 23.3 Å². The molecule has 0 radical (unpaired) electrons. The lowest BCUT2D eigenvalue weighted by Gasteiger charge is -2.27. The highest BCUT2D eigenvalue weighted by molar-refractivity contribution is 5.87. The first kappa shape index (κ1) is 16.5. The number of likely N-dealkylation sites (N-methyl/N-ethyl adjacent to an activating group) is 1. The SMILES string of the molecule is CNCC1=C(c2ccc3cc(F)ccc3c2)[C@@H]2CC[C@@H](C1)C2.Cl. The summed E-state index contributed by atoms with van der Waals surface area (Å²) in [6.45, 7) is 0.990. The molecule has 0 heterocycles. The first-order valence-electron chi connectivity index (χ1n) is 8.31. The van der Waals surface area contributed by atoms with Gasteiger partial charge in [0, 0.05) is 6.54 Å². The Morgan fingerprint density at radius 2 is 1.87 bits per heavy atom. The molecule has 2 aromatic carbocycles. The van der Waals surface area contributed by atoms with Gasteiger partial charge in [-0.15, -0.1) is 12.4 Å². The molecule has 1 N–H and O–H groups in total. The quantitative estimate of drug-likeness (QED) is 0.815. The van der Waals surface area contributed by atoms with Gasteiger partial charge in [0.25, 0.3) is 0 Å². The monoisotopic (exact) mass is 331 g/mol. The Hall–Kier alpha value is -1.38. The van der Waals surface area contributed by atoms with Gasteiger partial charge in [0.15, 0.2) is 0 Å². The van der Waals surface area contributed by atoms with Crippen molar-refractivity contribution in [2.75, 3.05) is 13.6 Å². The number of rotatable bonds is 3. The second-order valence-electron chi connectivity index (χ2n) is 6.83. The van der Waals surface area contributed by atoms with Crippen molar-refractivity contribution in [3.8, 4) is 0 Å². The molecule has 1 fully saturated rings. The van der Waals surface area contributed by atoms with E-state index < -0.39 is 0 Å². The minimum Gasteiger partial charge on any atom is -0.316 e. The maximum absolute atomic E-state index is 13.4. The molecule has 1 nitrogen and oxygen atoms in total. The van der Waals surface area contributed by atoms with Gasteiger partial charge in [0.05, 0.1) is 0 Å². The van der Waals surface area contributed by atoms with Crippen molar-refractivity contribution in [1.82, 2.24) is 5.32 Å². The fourth-order valence-electron chi connectivity index (χ4n) is 4.47. The zero-order chi connectivity index (χ0) is 15.1. The van der Waals surface area contributed by atoms with Gasteiger partial charge in [-0.05, 0) is 84.7 Å². The average molecular weight is 332 g/mol. The molecule has 0 amide bonds. The van der Waals surface area contributed by atoms with Gasteiger partial charge in [0.2, 0.25) is 0 Å². The van der Waals surface area contributed by atoms with Crippen LogP contribution < -0.4 is 5.32 Å². The molecule has 2 bridgehead atoms.